The molecule has 58 valence electrons. The molecule has 0 amide bonds. The second kappa shape index (κ2) is 2.52. The summed E-state index contributed by atoms with van der Waals surface area (Å²) in [5, 5.41) is 8.51. The van der Waals surface area contributed by atoms with Crippen LogP contribution in [0.1, 0.15) is 0 Å². The fourth-order valence-corrected chi connectivity index (χ4v) is 1.12. The molecule has 4 nitrogen and oxygen atoms in total. The Kier molecular flexibility index (Phi) is 1.84. The molecule has 5 heteroatoms. The molecule has 0 bridgehead atoms. The van der Waals surface area contributed by atoms with Crippen LogP contribution in [0.4, 0.5) is 5.69 Å². The molecule has 0 aromatic heterocycles. The van der Waals surface area contributed by atoms with Crippen molar-refractivity contribution in [3.05, 3.63) is 24.3 Å². The average molecular weight is 170 g/mol. The van der Waals surface area contributed by atoms with Crippen molar-refractivity contribution in [3.8, 4) is 0 Å². The molecule has 2 radical (unpaired) electrons. The predicted molar refractivity (Wildman–Crippen MR) is 40.2 cm³/mol. The molecule has 0 saturated carbocycles. The Hall–Kier alpha value is -1.07. The lowest BCUT2D eigenvalue weighted by atomic mass is 10.3. The molecular formula is C6H6N2O2S. The molecule has 0 atom stereocenters. The number of nitrogen functional groups attached to an aromatic ring is 1. The third-order valence-corrected chi connectivity index (χ3v) is 2.05. The number of benzene rings is 1. The van der Waals surface area contributed by atoms with Gasteiger partial charge in [-0.1, -0.05) is 0 Å². The lowest BCUT2D eigenvalue weighted by Crippen LogP contribution is -2.00. The van der Waals surface area contributed by atoms with Crippen LogP contribution < -0.4 is 10.9 Å². The van der Waals surface area contributed by atoms with Crippen LogP contribution in [0, 0.1) is 0 Å². The van der Waals surface area contributed by atoms with E-state index in [1.54, 1.807) is 0 Å². The first-order valence-electron chi connectivity index (χ1n) is 2.83. The minimum absolute atomic E-state index is 0.147. The monoisotopic (exact) mass is 170 g/mol. The van der Waals surface area contributed by atoms with Crippen LogP contribution in [0.5, 0.6) is 0 Å². The van der Waals surface area contributed by atoms with Crippen LogP contribution in [-0.4, -0.2) is 8.42 Å². The van der Waals surface area contributed by atoms with Crippen LogP contribution in [-0.2, 0) is 10.0 Å². The summed E-state index contributed by atoms with van der Waals surface area (Å²) in [6.45, 7) is 0. The molecular weight excluding hydrogens is 164 g/mol. The molecule has 0 unspecified atom stereocenters. The van der Waals surface area contributed by atoms with Crippen molar-refractivity contribution in [3.63, 3.8) is 0 Å². The molecule has 0 saturated heterocycles. The van der Waals surface area contributed by atoms with E-state index < -0.39 is 10.0 Å². The minimum Gasteiger partial charge on any atom is -0.399 e. The lowest BCUT2D eigenvalue weighted by Gasteiger charge is -1.94. The molecule has 0 aliphatic carbocycles. The van der Waals surface area contributed by atoms with E-state index in [1.807, 2.05) is 0 Å². The zero-order chi connectivity index (χ0) is 8.48. The van der Waals surface area contributed by atoms with E-state index in [4.69, 9.17) is 10.9 Å². The summed E-state index contributed by atoms with van der Waals surface area (Å²) < 4.78 is 20.9. The van der Waals surface area contributed by atoms with Gasteiger partial charge in [0, 0.05) is 10.8 Å². The van der Waals surface area contributed by atoms with E-state index in [0.717, 1.165) is 0 Å². The molecule has 0 spiro atoms. The number of nitrogens with two attached hydrogens (primary N) is 1. The van der Waals surface area contributed by atoms with Gasteiger partial charge in [-0.3, -0.25) is 0 Å². The van der Waals surface area contributed by atoms with Crippen LogP contribution in [0.15, 0.2) is 29.2 Å². The summed E-state index contributed by atoms with van der Waals surface area (Å²) in [6.07, 6.45) is 0. The Morgan fingerprint density at radius 2 is 1.64 bits per heavy atom. The van der Waals surface area contributed by atoms with E-state index in [1.165, 1.54) is 24.3 Å². The maximum Gasteiger partial charge on any atom is 0.273 e. The number of hydrogen-bond donors (Lipinski definition) is 1. The number of rotatable bonds is 1. The quantitative estimate of drug-likeness (QED) is 0.603. The number of anilines is 1. The van der Waals surface area contributed by atoms with Crippen molar-refractivity contribution < 1.29 is 8.42 Å². The molecule has 0 fully saturated rings. The fourth-order valence-electron chi connectivity index (χ4n) is 0.640. The van der Waals surface area contributed by atoms with E-state index in [0.29, 0.717) is 5.69 Å². The van der Waals surface area contributed by atoms with Gasteiger partial charge in [0.2, 0.25) is 0 Å². The lowest BCUT2D eigenvalue weighted by molar-refractivity contribution is 0.596. The Labute approximate surface area is 64.9 Å². The van der Waals surface area contributed by atoms with Gasteiger partial charge >= 0.3 is 0 Å². The van der Waals surface area contributed by atoms with Crippen molar-refractivity contribution in [1.29, 1.82) is 0 Å². The number of hydrogen-bond acceptors (Lipinski definition) is 3. The Morgan fingerprint density at radius 3 is 2.00 bits per heavy atom. The molecule has 1 aromatic rings. The maximum atomic E-state index is 10.5. The first-order chi connectivity index (χ1) is 5.00. The van der Waals surface area contributed by atoms with Gasteiger partial charge in [0.05, 0.1) is 4.90 Å². The van der Waals surface area contributed by atoms with Crippen LogP contribution in [0.2, 0.25) is 0 Å². The van der Waals surface area contributed by atoms with Gasteiger partial charge in [-0.2, -0.15) is 0 Å². The normalized spacial score (nSPS) is 11.4. The Morgan fingerprint density at radius 1 is 1.18 bits per heavy atom. The van der Waals surface area contributed by atoms with E-state index in [9.17, 15) is 8.42 Å². The summed E-state index contributed by atoms with van der Waals surface area (Å²) in [4.78, 5) is -0.147. The van der Waals surface area contributed by atoms with Gasteiger partial charge in [0.25, 0.3) is 10.0 Å². The van der Waals surface area contributed by atoms with Gasteiger partial charge in [-0.15, -0.1) is 0 Å². The fraction of sp³-hybridized carbons (Fsp3) is 0. The Bertz CT molecular complexity index is 341. The molecule has 0 heterocycles. The maximum absolute atomic E-state index is 10.5. The van der Waals surface area contributed by atoms with Crippen molar-refractivity contribution >= 4 is 15.7 Å². The molecule has 0 aliphatic heterocycles. The number of sulfonamides is 1. The highest BCUT2D eigenvalue weighted by molar-refractivity contribution is 7.88. The van der Waals surface area contributed by atoms with Gasteiger partial charge in [0.15, 0.2) is 0 Å². The zero-order valence-corrected chi connectivity index (χ0v) is 6.38. The summed E-state index contributed by atoms with van der Waals surface area (Å²) in [7, 11) is -4.08. The van der Waals surface area contributed by atoms with Crippen molar-refractivity contribution in [2.24, 2.45) is 0 Å². The van der Waals surface area contributed by atoms with Crippen LogP contribution in [0.3, 0.4) is 0 Å². The summed E-state index contributed by atoms with van der Waals surface area (Å²) in [5.41, 5.74) is 5.75. The van der Waals surface area contributed by atoms with Gasteiger partial charge in [-0.25, -0.2) is 8.42 Å². The largest absolute Gasteiger partial charge is 0.399 e. The second-order valence-corrected chi connectivity index (χ2v) is 3.47. The predicted octanol–water partition coefficient (Wildman–Crippen LogP) is 0.0262. The summed E-state index contributed by atoms with van der Waals surface area (Å²) >= 11 is 0. The molecule has 1 rings (SSSR count). The van der Waals surface area contributed by atoms with Gasteiger partial charge in [-0.05, 0) is 24.3 Å². The van der Waals surface area contributed by atoms with E-state index in [-0.39, 0.29) is 4.90 Å². The van der Waals surface area contributed by atoms with Crippen molar-refractivity contribution in [2.45, 2.75) is 4.90 Å². The van der Waals surface area contributed by atoms with Gasteiger partial charge < -0.3 is 5.73 Å². The van der Waals surface area contributed by atoms with E-state index in [2.05, 4.69) is 0 Å². The second-order valence-electron chi connectivity index (χ2n) is 2.04. The minimum atomic E-state index is -4.08. The molecule has 2 N–H and O–H groups in total. The van der Waals surface area contributed by atoms with Crippen molar-refractivity contribution in [2.75, 3.05) is 5.73 Å². The first-order valence-corrected chi connectivity index (χ1v) is 4.27. The highest BCUT2D eigenvalue weighted by Crippen LogP contribution is 2.09. The SMILES string of the molecule is [N]S(=O)(=O)c1ccc(N)cc1. The first kappa shape index (κ1) is 8.03. The third-order valence-electron chi connectivity index (χ3n) is 1.18. The summed E-state index contributed by atoms with van der Waals surface area (Å²) in [6, 6.07) is 5.29. The van der Waals surface area contributed by atoms with Crippen LogP contribution >= 0.6 is 0 Å². The molecule has 11 heavy (non-hydrogen) atoms. The van der Waals surface area contributed by atoms with Crippen LogP contribution in [0.25, 0.3) is 0 Å². The smallest absolute Gasteiger partial charge is 0.273 e. The standard InChI is InChI=1S/C6H6N2O2S/c7-5-1-3-6(4-2-5)11(8,9)10/h1-4H,7H2. The van der Waals surface area contributed by atoms with Gasteiger partial charge in [0.1, 0.15) is 0 Å². The average Bonchev–Trinajstić information content (AvgIpc) is 1.86. The summed E-state index contributed by atoms with van der Waals surface area (Å²) in [5.74, 6) is 0. The number of nitrogens with zero attached hydrogens (tertiary/aromatic N) is 1. The topological polar surface area (TPSA) is 82.5 Å². The van der Waals surface area contributed by atoms with Crippen molar-refractivity contribution in [1.82, 2.24) is 5.14 Å². The zero-order valence-electron chi connectivity index (χ0n) is 5.56. The highest BCUT2D eigenvalue weighted by atomic mass is 32.2. The Balaban J connectivity index is 3.20. The highest BCUT2D eigenvalue weighted by Gasteiger charge is 2.07. The third kappa shape index (κ3) is 1.92. The molecule has 1 aromatic carbocycles. The molecule has 0 aliphatic rings. The van der Waals surface area contributed by atoms with E-state index >= 15 is 0 Å².